The van der Waals surface area contributed by atoms with E-state index < -0.39 is 0 Å². The summed E-state index contributed by atoms with van der Waals surface area (Å²) >= 11 is 0. The molecule has 2 aromatic rings. The number of aromatic nitrogens is 2. The molecule has 0 fully saturated rings. The van der Waals surface area contributed by atoms with Crippen LogP contribution in [-0.2, 0) is 0 Å². The maximum absolute atomic E-state index is 5.50. The normalized spacial score (nSPS) is 9.88. The molecule has 0 saturated carbocycles. The van der Waals surface area contributed by atoms with E-state index in [1.165, 1.54) is 18.0 Å². The highest BCUT2D eigenvalue weighted by Crippen LogP contribution is 2.19. The second-order valence-electron chi connectivity index (χ2n) is 3.31. The van der Waals surface area contributed by atoms with E-state index in [1.54, 1.807) is 7.11 Å². The van der Waals surface area contributed by atoms with Gasteiger partial charge >= 0.3 is 0 Å². The monoisotopic (exact) mass is 216 g/mol. The SMILES string of the molecule is COc1cnc(Oc2ccc(C)cc2)cn1. The van der Waals surface area contributed by atoms with E-state index in [-0.39, 0.29) is 0 Å². The van der Waals surface area contributed by atoms with Gasteiger partial charge in [0.2, 0.25) is 11.8 Å². The Morgan fingerprint density at radius 1 is 0.938 bits per heavy atom. The van der Waals surface area contributed by atoms with E-state index in [9.17, 15) is 0 Å². The fourth-order valence-corrected chi connectivity index (χ4v) is 1.19. The fraction of sp³-hybridized carbons (Fsp3) is 0.167. The summed E-state index contributed by atoms with van der Waals surface area (Å²) in [6.07, 6.45) is 3.04. The zero-order chi connectivity index (χ0) is 11.4. The van der Waals surface area contributed by atoms with Crippen molar-refractivity contribution in [2.75, 3.05) is 7.11 Å². The van der Waals surface area contributed by atoms with Crippen LogP contribution in [0, 0.1) is 6.92 Å². The van der Waals surface area contributed by atoms with E-state index >= 15 is 0 Å². The van der Waals surface area contributed by atoms with Gasteiger partial charge in [0, 0.05) is 0 Å². The smallest absolute Gasteiger partial charge is 0.238 e. The number of nitrogens with zero attached hydrogens (tertiary/aromatic N) is 2. The Balaban J connectivity index is 2.11. The molecule has 4 heteroatoms. The minimum absolute atomic E-state index is 0.449. The van der Waals surface area contributed by atoms with E-state index in [0.29, 0.717) is 11.8 Å². The van der Waals surface area contributed by atoms with Crippen LogP contribution < -0.4 is 9.47 Å². The summed E-state index contributed by atoms with van der Waals surface area (Å²) in [6.45, 7) is 2.02. The maximum atomic E-state index is 5.50. The van der Waals surface area contributed by atoms with Gasteiger partial charge in [-0.15, -0.1) is 0 Å². The van der Waals surface area contributed by atoms with E-state index in [1.807, 2.05) is 31.2 Å². The van der Waals surface area contributed by atoms with Gasteiger partial charge in [0.05, 0.1) is 19.5 Å². The molecule has 16 heavy (non-hydrogen) atoms. The third kappa shape index (κ3) is 2.48. The lowest BCUT2D eigenvalue weighted by molar-refractivity contribution is 0.389. The van der Waals surface area contributed by atoms with Gasteiger partial charge in [-0.25, -0.2) is 9.97 Å². The Hall–Kier alpha value is -2.10. The highest BCUT2D eigenvalue weighted by Gasteiger charge is 1.99. The highest BCUT2D eigenvalue weighted by atomic mass is 16.5. The summed E-state index contributed by atoms with van der Waals surface area (Å²) in [5.74, 6) is 1.66. The molecule has 0 amide bonds. The molecule has 0 bridgehead atoms. The van der Waals surface area contributed by atoms with Crippen LogP contribution in [0.5, 0.6) is 17.5 Å². The number of hydrogen-bond acceptors (Lipinski definition) is 4. The average Bonchev–Trinajstić information content (AvgIpc) is 2.33. The number of hydrogen-bond donors (Lipinski definition) is 0. The third-order valence-electron chi connectivity index (χ3n) is 2.06. The van der Waals surface area contributed by atoms with Gasteiger partial charge in [0.15, 0.2) is 0 Å². The highest BCUT2D eigenvalue weighted by molar-refractivity contribution is 5.29. The Labute approximate surface area is 93.9 Å². The van der Waals surface area contributed by atoms with Gasteiger partial charge in [0.25, 0.3) is 0 Å². The van der Waals surface area contributed by atoms with Crippen LogP contribution in [0.25, 0.3) is 0 Å². The van der Waals surface area contributed by atoms with E-state index in [0.717, 1.165) is 5.75 Å². The van der Waals surface area contributed by atoms with Crippen molar-refractivity contribution in [2.45, 2.75) is 6.92 Å². The number of aryl methyl sites for hydroxylation is 1. The summed E-state index contributed by atoms with van der Waals surface area (Å²) in [5, 5.41) is 0. The van der Waals surface area contributed by atoms with Gasteiger partial charge in [0.1, 0.15) is 5.75 Å². The predicted molar refractivity (Wildman–Crippen MR) is 59.8 cm³/mol. The fourth-order valence-electron chi connectivity index (χ4n) is 1.19. The van der Waals surface area contributed by atoms with Gasteiger partial charge in [-0.1, -0.05) is 17.7 Å². The van der Waals surface area contributed by atoms with Gasteiger partial charge < -0.3 is 9.47 Å². The second-order valence-corrected chi connectivity index (χ2v) is 3.31. The lowest BCUT2D eigenvalue weighted by Crippen LogP contribution is -1.92. The summed E-state index contributed by atoms with van der Waals surface area (Å²) in [5.41, 5.74) is 1.19. The molecule has 2 rings (SSSR count). The molecule has 0 radical (unpaired) electrons. The van der Waals surface area contributed by atoms with Gasteiger partial charge in [-0.2, -0.15) is 0 Å². The minimum atomic E-state index is 0.449. The maximum Gasteiger partial charge on any atom is 0.238 e. The van der Waals surface area contributed by atoms with Crippen molar-refractivity contribution in [1.82, 2.24) is 9.97 Å². The molecule has 0 spiro atoms. The quantitative estimate of drug-likeness (QED) is 0.791. The number of methoxy groups -OCH3 is 1. The Morgan fingerprint density at radius 2 is 1.56 bits per heavy atom. The minimum Gasteiger partial charge on any atom is -0.480 e. The molecule has 0 aliphatic rings. The van der Waals surface area contributed by atoms with Gasteiger partial charge in [-0.3, -0.25) is 0 Å². The van der Waals surface area contributed by atoms with Crippen LogP contribution >= 0.6 is 0 Å². The van der Waals surface area contributed by atoms with Crippen LogP contribution in [0.4, 0.5) is 0 Å². The standard InChI is InChI=1S/C12H12N2O2/c1-9-3-5-10(6-4-9)16-12-8-13-11(15-2)7-14-12/h3-8H,1-2H3. The second kappa shape index (κ2) is 4.61. The van der Waals surface area contributed by atoms with Crippen molar-refractivity contribution in [3.63, 3.8) is 0 Å². The summed E-state index contributed by atoms with van der Waals surface area (Å²) in [7, 11) is 1.55. The molecular formula is C12H12N2O2. The average molecular weight is 216 g/mol. The van der Waals surface area contributed by atoms with Crippen LogP contribution in [0.2, 0.25) is 0 Å². The van der Waals surface area contributed by atoms with Crippen LogP contribution in [0.15, 0.2) is 36.7 Å². The van der Waals surface area contributed by atoms with Crippen molar-refractivity contribution >= 4 is 0 Å². The van der Waals surface area contributed by atoms with Crippen molar-refractivity contribution in [3.8, 4) is 17.5 Å². The third-order valence-corrected chi connectivity index (χ3v) is 2.06. The van der Waals surface area contributed by atoms with Crippen molar-refractivity contribution in [2.24, 2.45) is 0 Å². The first-order chi connectivity index (χ1) is 7.78. The topological polar surface area (TPSA) is 44.2 Å². The molecule has 4 nitrogen and oxygen atoms in total. The zero-order valence-corrected chi connectivity index (χ0v) is 9.18. The van der Waals surface area contributed by atoms with E-state index in [2.05, 4.69) is 9.97 Å². The first-order valence-electron chi connectivity index (χ1n) is 4.88. The Bertz CT molecular complexity index is 451. The van der Waals surface area contributed by atoms with Gasteiger partial charge in [-0.05, 0) is 19.1 Å². The van der Waals surface area contributed by atoms with Crippen molar-refractivity contribution in [1.29, 1.82) is 0 Å². The molecule has 0 atom stereocenters. The molecule has 1 aromatic carbocycles. The van der Waals surface area contributed by atoms with Crippen LogP contribution in [0.1, 0.15) is 5.56 Å². The molecule has 0 aliphatic heterocycles. The molecule has 1 aromatic heterocycles. The molecule has 0 aliphatic carbocycles. The summed E-state index contributed by atoms with van der Waals surface area (Å²) in [4.78, 5) is 8.06. The number of rotatable bonds is 3. The summed E-state index contributed by atoms with van der Waals surface area (Å²) < 4.78 is 10.4. The lowest BCUT2D eigenvalue weighted by atomic mass is 10.2. The van der Waals surface area contributed by atoms with Crippen molar-refractivity contribution in [3.05, 3.63) is 42.2 Å². The van der Waals surface area contributed by atoms with Crippen molar-refractivity contribution < 1.29 is 9.47 Å². The lowest BCUT2D eigenvalue weighted by Gasteiger charge is -2.04. The molecular weight excluding hydrogens is 204 g/mol. The number of benzene rings is 1. The first kappa shape index (κ1) is 10.4. The number of ether oxygens (including phenoxy) is 2. The molecule has 0 N–H and O–H groups in total. The molecule has 0 unspecified atom stereocenters. The zero-order valence-electron chi connectivity index (χ0n) is 9.18. The molecule has 82 valence electrons. The largest absolute Gasteiger partial charge is 0.480 e. The van der Waals surface area contributed by atoms with E-state index in [4.69, 9.17) is 9.47 Å². The first-order valence-corrected chi connectivity index (χ1v) is 4.88. The molecule has 1 heterocycles. The Morgan fingerprint density at radius 3 is 2.12 bits per heavy atom. The predicted octanol–water partition coefficient (Wildman–Crippen LogP) is 2.59. The van der Waals surface area contributed by atoms with Crippen LogP contribution in [-0.4, -0.2) is 17.1 Å². The Kier molecular flexibility index (Phi) is 3.00. The summed E-state index contributed by atoms with van der Waals surface area (Å²) in [6, 6.07) is 7.74. The molecule has 0 saturated heterocycles. The van der Waals surface area contributed by atoms with Crippen LogP contribution in [0.3, 0.4) is 0 Å².